The number of benzene rings is 1. The third kappa shape index (κ3) is 5.25. The number of carbonyl (C=O) groups excluding carboxylic acids is 3. The Morgan fingerprint density at radius 3 is 2.72 bits per heavy atom. The molecule has 2 aliphatic heterocycles. The smallest absolute Gasteiger partial charge is 0.414 e. The van der Waals surface area contributed by atoms with Gasteiger partial charge in [-0.1, -0.05) is 6.07 Å². The quantitative estimate of drug-likeness (QED) is 0.609. The lowest BCUT2D eigenvalue weighted by Gasteiger charge is -2.29. The number of nitrogens with one attached hydrogen (secondary N) is 1. The van der Waals surface area contributed by atoms with Crippen molar-refractivity contribution in [3.63, 3.8) is 0 Å². The number of halogens is 1. The summed E-state index contributed by atoms with van der Waals surface area (Å²) in [6.07, 6.45) is -0.954. The second kappa shape index (κ2) is 10.1. The van der Waals surface area contributed by atoms with Gasteiger partial charge in [-0.2, -0.15) is 0 Å². The topological polar surface area (TPSA) is 88.2 Å². The van der Waals surface area contributed by atoms with Crippen LogP contribution in [0, 0.1) is 5.82 Å². The molecule has 2 saturated heterocycles. The number of amides is 2. The molecule has 2 fully saturated rings. The molecule has 0 aliphatic carbocycles. The molecule has 2 amide bonds. The summed E-state index contributed by atoms with van der Waals surface area (Å²) in [4.78, 5) is 40.2. The molecular formula is C22H24FN3O5S. The highest BCUT2D eigenvalue weighted by molar-refractivity contribution is 7.12. The lowest BCUT2D eigenvalue weighted by Crippen LogP contribution is -2.37. The average Bonchev–Trinajstić information content (AvgIpc) is 3.46. The van der Waals surface area contributed by atoms with Crippen LogP contribution in [-0.4, -0.2) is 63.3 Å². The number of anilines is 2. The van der Waals surface area contributed by atoms with Crippen LogP contribution in [-0.2, 0) is 14.3 Å². The van der Waals surface area contributed by atoms with Crippen molar-refractivity contribution in [2.75, 3.05) is 49.2 Å². The number of nitrogens with zero attached hydrogens (tertiary/aromatic N) is 2. The first-order valence-electron chi connectivity index (χ1n) is 10.4. The monoisotopic (exact) mass is 461 g/mol. The van der Waals surface area contributed by atoms with Crippen molar-refractivity contribution in [3.05, 3.63) is 46.4 Å². The summed E-state index contributed by atoms with van der Waals surface area (Å²) in [6, 6.07) is 8.19. The maximum atomic E-state index is 14.7. The van der Waals surface area contributed by atoms with Crippen molar-refractivity contribution in [2.45, 2.75) is 18.9 Å². The van der Waals surface area contributed by atoms with Crippen LogP contribution < -0.4 is 15.1 Å². The molecule has 2 aromatic rings. The Balaban J connectivity index is 1.27. The predicted molar refractivity (Wildman–Crippen MR) is 118 cm³/mol. The average molecular weight is 462 g/mol. The first-order chi connectivity index (χ1) is 15.5. The molecule has 0 saturated carbocycles. The van der Waals surface area contributed by atoms with Crippen LogP contribution in [0.2, 0.25) is 0 Å². The first-order valence-corrected chi connectivity index (χ1v) is 11.3. The van der Waals surface area contributed by atoms with Crippen LogP contribution in [0.25, 0.3) is 0 Å². The van der Waals surface area contributed by atoms with Gasteiger partial charge in [0.15, 0.2) is 5.78 Å². The van der Waals surface area contributed by atoms with Crippen molar-refractivity contribution < 1.29 is 28.2 Å². The molecule has 0 unspecified atom stereocenters. The lowest BCUT2D eigenvalue weighted by atomic mass is 10.2. The molecule has 170 valence electrons. The Hall–Kier alpha value is -2.98. The molecule has 3 heterocycles. The Bertz CT molecular complexity index is 978. The number of cyclic esters (lactones) is 1. The fourth-order valence-electron chi connectivity index (χ4n) is 3.67. The Morgan fingerprint density at radius 2 is 2.00 bits per heavy atom. The maximum Gasteiger partial charge on any atom is 0.414 e. The number of ether oxygens (including phenoxy) is 2. The van der Waals surface area contributed by atoms with Crippen LogP contribution >= 0.6 is 11.3 Å². The molecule has 1 aromatic heterocycles. The Morgan fingerprint density at radius 1 is 1.19 bits per heavy atom. The molecule has 1 N–H and O–H groups in total. The fourth-order valence-corrected chi connectivity index (χ4v) is 4.36. The second-order valence-corrected chi connectivity index (χ2v) is 8.50. The van der Waals surface area contributed by atoms with Crippen molar-refractivity contribution in [3.8, 4) is 0 Å². The molecular weight excluding hydrogens is 437 g/mol. The largest absolute Gasteiger partial charge is 0.442 e. The predicted octanol–water partition coefficient (Wildman–Crippen LogP) is 2.83. The molecule has 8 nitrogen and oxygen atoms in total. The molecule has 1 aromatic carbocycles. The SMILES string of the molecule is O=C(CCC(=O)c1cccs1)NC[C@H]1CN(c2ccc(N3CCOCC3)c(F)c2)C(=O)O1. The van der Waals surface area contributed by atoms with Gasteiger partial charge in [0.1, 0.15) is 11.9 Å². The number of rotatable bonds is 8. The first kappa shape index (κ1) is 22.2. The number of thiophene rings is 1. The number of ketones is 1. The van der Waals surface area contributed by atoms with E-state index in [2.05, 4.69) is 5.32 Å². The summed E-state index contributed by atoms with van der Waals surface area (Å²) in [7, 11) is 0. The molecule has 0 spiro atoms. The van der Waals surface area contributed by atoms with Gasteiger partial charge in [0.05, 0.1) is 42.6 Å². The minimum Gasteiger partial charge on any atom is -0.442 e. The van der Waals surface area contributed by atoms with Gasteiger partial charge in [0, 0.05) is 25.9 Å². The molecule has 0 radical (unpaired) electrons. The number of Topliss-reactive ketones (excluding diaryl/α,β-unsaturated/α-hetero) is 1. The Kier molecular flexibility index (Phi) is 7.01. The second-order valence-electron chi connectivity index (χ2n) is 7.56. The number of carbonyl (C=O) groups is 3. The lowest BCUT2D eigenvalue weighted by molar-refractivity contribution is -0.121. The van der Waals surface area contributed by atoms with E-state index in [-0.39, 0.29) is 37.6 Å². The highest BCUT2D eigenvalue weighted by Crippen LogP contribution is 2.28. The number of hydrogen-bond acceptors (Lipinski definition) is 7. The van der Waals surface area contributed by atoms with Crippen molar-refractivity contribution >= 4 is 40.5 Å². The summed E-state index contributed by atoms with van der Waals surface area (Å²) in [6.45, 7) is 2.65. The van der Waals surface area contributed by atoms with E-state index in [9.17, 15) is 18.8 Å². The van der Waals surface area contributed by atoms with Crippen LogP contribution in [0.1, 0.15) is 22.5 Å². The zero-order valence-electron chi connectivity index (χ0n) is 17.4. The van der Waals surface area contributed by atoms with Gasteiger partial charge in [-0.3, -0.25) is 14.5 Å². The molecule has 10 heteroatoms. The van der Waals surface area contributed by atoms with Crippen LogP contribution in [0.4, 0.5) is 20.6 Å². The summed E-state index contributed by atoms with van der Waals surface area (Å²) in [5.41, 5.74) is 0.880. The van der Waals surface area contributed by atoms with E-state index in [0.29, 0.717) is 42.6 Å². The van der Waals surface area contributed by atoms with Gasteiger partial charge < -0.3 is 19.7 Å². The highest BCUT2D eigenvalue weighted by atomic mass is 32.1. The third-order valence-electron chi connectivity index (χ3n) is 5.37. The van der Waals surface area contributed by atoms with Gasteiger partial charge in [-0.05, 0) is 29.6 Å². The van der Waals surface area contributed by atoms with Gasteiger partial charge in [0.25, 0.3) is 0 Å². The maximum absolute atomic E-state index is 14.7. The fraction of sp³-hybridized carbons (Fsp3) is 0.409. The normalized spacial score (nSPS) is 18.5. The van der Waals surface area contributed by atoms with E-state index in [4.69, 9.17) is 9.47 Å². The van der Waals surface area contributed by atoms with Crippen LogP contribution in [0.15, 0.2) is 35.7 Å². The van der Waals surface area contributed by atoms with Crippen molar-refractivity contribution in [2.24, 2.45) is 0 Å². The summed E-state index contributed by atoms with van der Waals surface area (Å²) < 4.78 is 25.3. The van der Waals surface area contributed by atoms with Crippen molar-refractivity contribution in [1.29, 1.82) is 0 Å². The van der Waals surface area contributed by atoms with Crippen LogP contribution in [0.3, 0.4) is 0 Å². The highest BCUT2D eigenvalue weighted by Gasteiger charge is 2.33. The molecule has 2 aliphatic rings. The minimum atomic E-state index is -0.587. The molecule has 1 atom stereocenters. The summed E-state index contributed by atoms with van der Waals surface area (Å²) in [5.74, 6) is -0.772. The van der Waals surface area contributed by atoms with E-state index >= 15 is 0 Å². The van der Waals surface area contributed by atoms with E-state index in [1.807, 2.05) is 10.3 Å². The van der Waals surface area contributed by atoms with E-state index in [1.54, 1.807) is 24.3 Å². The molecule has 4 rings (SSSR count). The van der Waals surface area contributed by atoms with E-state index < -0.39 is 18.0 Å². The number of morpholine rings is 1. The molecule has 32 heavy (non-hydrogen) atoms. The van der Waals surface area contributed by atoms with Gasteiger partial charge in [0.2, 0.25) is 5.91 Å². The minimum absolute atomic E-state index is 0.0648. The standard InChI is InChI=1S/C22H24FN3O5S/c23-17-12-15(3-4-18(17)25-7-9-30-10-8-25)26-14-16(31-22(26)29)13-24-21(28)6-5-19(27)20-2-1-11-32-20/h1-4,11-12,16H,5-10,13-14H2,(H,24,28)/t16-/m0/s1. The molecule has 0 bridgehead atoms. The summed E-state index contributed by atoms with van der Waals surface area (Å²) in [5, 5.41) is 4.51. The third-order valence-corrected chi connectivity index (χ3v) is 6.28. The van der Waals surface area contributed by atoms with Crippen molar-refractivity contribution in [1.82, 2.24) is 5.32 Å². The number of hydrogen-bond donors (Lipinski definition) is 1. The Labute approximate surface area is 188 Å². The van der Waals surface area contributed by atoms with E-state index in [1.165, 1.54) is 22.3 Å². The zero-order chi connectivity index (χ0) is 22.5. The van der Waals surface area contributed by atoms with E-state index in [0.717, 1.165) is 0 Å². The van der Waals surface area contributed by atoms with Gasteiger partial charge >= 0.3 is 6.09 Å². The van der Waals surface area contributed by atoms with Gasteiger partial charge in [-0.15, -0.1) is 11.3 Å². The van der Waals surface area contributed by atoms with Crippen LogP contribution in [0.5, 0.6) is 0 Å². The summed E-state index contributed by atoms with van der Waals surface area (Å²) >= 11 is 1.35. The zero-order valence-corrected chi connectivity index (χ0v) is 18.2. The van der Waals surface area contributed by atoms with Gasteiger partial charge in [-0.25, -0.2) is 9.18 Å².